The highest BCUT2D eigenvalue weighted by atomic mass is 16.5. The lowest BCUT2D eigenvalue weighted by Gasteiger charge is -2.35. The molecule has 1 aliphatic heterocycles. The summed E-state index contributed by atoms with van der Waals surface area (Å²) in [6, 6.07) is 13.7. The average molecular weight is 450 g/mol. The molecule has 6 heteroatoms. The number of carbonyl (C=O) groups excluding carboxylic acids is 2. The van der Waals surface area contributed by atoms with Crippen molar-refractivity contribution in [1.82, 2.24) is 4.90 Å². The van der Waals surface area contributed by atoms with Crippen LogP contribution in [0.1, 0.15) is 63.1 Å². The molecule has 0 bridgehead atoms. The maximum absolute atomic E-state index is 13.3. The number of likely N-dealkylation sites (tertiary alicyclic amines) is 1. The van der Waals surface area contributed by atoms with Crippen LogP contribution in [-0.2, 0) is 9.59 Å². The molecule has 0 spiro atoms. The molecule has 2 aromatic rings. The Morgan fingerprint density at radius 1 is 0.939 bits per heavy atom. The van der Waals surface area contributed by atoms with E-state index in [9.17, 15) is 14.7 Å². The third kappa shape index (κ3) is 4.61. The Kier molecular flexibility index (Phi) is 7.02. The molecule has 1 saturated heterocycles. The zero-order valence-electron chi connectivity index (χ0n) is 19.3. The van der Waals surface area contributed by atoms with Gasteiger partial charge in [-0.1, -0.05) is 31.4 Å². The minimum absolute atomic E-state index is 0.0263. The van der Waals surface area contributed by atoms with Crippen molar-refractivity contribution in [2.45, 2.75) is 58.0 Å². The number of amides is 1. The number of carbonyl (C=O) groups is 2. The number of aliphatic hydroxyl groups is 1. The number of benzene rings is 2. The average Bonchev–Trinajstić information content (AvgIpc) is 3.11. The third-order valence-electron chi connectivity index (χ3n) is 6.37. The molecule has 1 saturated carbocycles. The van der Waals surface area contributed by atoms with Crippen molar-refractivity contribution in [3.8, 4) is 11.5 Å². The number of hydrogen-bond acceptors (Lipinski definition) is 5. The van der Waals surface area contributed by atoms with Gasteiger partial charge in [-0.05, 0) is 68.7 Å². The Bertz CT molecular complexity index is 1040. The SMILES string of the molecule is CCOc1ccc(/C(O)=C2/C(=O)C(=O)N(C3CCCCC3)C2c2cccc(OCC)c2)cc1. The lowest BCUT2D eigenvalue weighted by Crippen LogP contribution is -2.40. The number of aliphatic hydroxyl groups excluding tert-OH is 1. The molecule has 2 aliphatic rings. The van der Waals surface area contributed by atoms with Gasteiger partial charge in [0.1, 0.15) is 17.3 Å². The smallest absolute Gasteiger partial charge is 0.295 e. The van der Waals surface area contributed by atoms with E-state index in [0.717, 1.165) is 37.7 Å². The summed E-state index contributed by atoms with van der Waals surface area (Å²) in [5.41, 5.74) is 1.37. The molecule has 0 aromatic heterocycles. The van der Waals surface area contributed by atoms with Gasteiger partial charge < -0.3 is 19.5 Å². The summed E-state index contributed by atoms with van der Waals surface area (Å²) in [7, 11) is 0. The molecule has 4 rings (SSSR count). The highest BCUT2D eigenvalue weighted by Gasteiger charge is 2.48. The predicted molar refractivity (Wildman–Crippen MR) is 126 cm³/mol. The van der Waals surface area contributed by atoms with Crippen LogP contribution in [0.15, 0.2) is 54.1 Å². The molecule has 174 valence electrons. The minimum atomic E-state index is -0.653. The number of ether oxygens (including phenoxy) is 2. The molecular formula is C27H31NO5. The van der Waals surface area contributed by atoms with E-state index in [2.05, 4.69) is 0 Å². The van der Waals surface area contributed by atoms with Gasteiger partial charge in [-0.3, -0.25) is 9.59 Å². The molecule has 2 fully saturated rings. The minimum Gasteiger partial charge on any atom is -0.507 e. The summed E-state index contributed by atoms with van der Waals surface area (Å²) in [6.07, 6.45) is 4.91. The van der Waals surface area contributed by atoms with Crippen LogP contribution in [0, 0.1) is 0 Å². The zero-order chi connectivity index (χ0) is 23.4. The van der Waals surface area contributed by atoms with Crippen LogP contribution >= 0.6 is 0 Å². The topological polar surface area (TPSA) is 76.1 Å². The highest BCUT2D eigenvalue weighted by Crippen LogP contribution is 2.43. The second-order valence-corrected chi connectivity index (χ2v) is 8.46. The van der Waals surface area contributed by atoms with Crippen molar-refractivity contribution in [1.29, 1.82) is 0 Å². The Morgan fingerprint density at radius 2 is 1.61 bits per heavy atom. The van der Waals surface area contributed by atoms with E-state index in [1.807, 2.05) is 38.1 Å². The number of ketones is 1. The maximum atomic E-state index is 13.3. The van der Waals surface area contributed by atoms with Gasteiger partial charge in [-0.25, -0.2) is 0 Å². The summed E-state index contributed by atoms with van der Waals surface area (Å²) in [5, 5.41) is 11.3. The second kappa shape index (κ2) is 10.1. The Morgan fingerprint density at radius 3 is 2.27 bits per heavy atom. The number of rotatable bonds is 7. The van der Waals surface area contributed by atoms with Gasteiger partial charge in [0.2, 0.25) is 0 Å². The molecule has 1 N–H and O–H groups in total. The van der Waals surface area contributed by atoms with Gasteiger partial charge in [0.05, 0.1) is 24.8 Å². The van der Waals surface area contributed by atoms with Gasteiger partial charge in [0, 0.05) is 11.6 Å². The van der Waals surface area contributed by atoms with Crippen molar-refractivity contribution < 1.29 is 24.2 Å². The highest BCUT2D eigenvalue weighted by molar-refractivity contribution is 6.46. The molecule has 1 aliphatic carbocycles. The van der Waals surface area contributed by atoms with Gasteiger partial charge in [-0.2, -0.15) is 0 Å². The first-order valence-electron chi connectivity index (χ1n) is 11.8. The molecule has 0 radical (unpaired) electrons. The lowest BCUT2D eigenvalue weighted by atomic mass is 9.91. The number of hydrogen-bond donors (Lipinski definition) is 1. The standard InChI is InChI=1S/C27H31NO5/c1-3-32-21-15-13-18(14-16-21)25(29)23-24(19-9-8-12-22(17-19)33-4-2)28(27(31)26(23)30)20-10-6-5-7-11-20/h8-9,12-17,20,24,29H,3-7,10-11H2,1-2H3/b25-23-. The monoisotopic (exact) mass is 449 g/mol. The fourth-order valence-electron chi connectivity index (χ4n) is 4.89. The van der Waals surface area contributed by atoms with E-state index >= 15 is 0 Å². The molecule has 2 aromatic carbocycles. The second-order valence-electron chi connectivity index (χ2n) is 8.46. The Hall–Kier alpha value is -3.28. The fourth-order valence-corrected chi connectivity index (χ4v) is 4.89. The van der Waals surface area contributed by atoms with Crippen molar-refractivity contribution in [2.75, 3.05) is 13.2 Å². The lowest BCUT2D eigenvalue weighted by molar-refractivity contribution is -0.141. The molecular weight excluding hydrogens is 418 g/mol. The normalized spacial score (nSPS) is 20.8. The summed E-state index contributed by atoms with van der Waals surface area (Å²) < 4.78 is 11.2. The van der Waals surface area contributed by atoms with Crippen LogP contribution in [0.5, 0.6) is 11.5 Å². The van der Waals surface area contributed by atoms with E-state index in [4.69, 9.17) is 9.47 Å². The molecule has 1 heterocycles. The first-order chi connectivity index (χ1) is 16.0. The van der Waals surface area contributed by atoms with Crippen molar-refractivity contribution in [2.24, 2.45) is 0 Å². The van der Waals surface area contributed by atoms with E-state index in [1.54, 1.807) is 29.2 Å². The predicted octanol–water partition coefficient (Wildman–Crippen LogP) is 5.24. The van der Waals surface area contributed by atoms with Gasteiger partial charge in [0.25, 0.3) is 11.7 Å². The van der Waals surface area contributed by atoms with Gasteiger partial charge in [-0.15, -0.1) is 0 Å². The molecule has 6 nitrogen and oxygen atoms in total. The number of Topliss-reactive ketones (excluding diaryl/α,β-unsaturated/α-hetero) is 1. The first-order valence-corrected chi connectivity index (χ1v) is 11.8. The Balaban J connectivity index is 1.82. The van der Waals surface area contributed by atoms with E-state index in [1.165, 1.54) is 0 Å². The fraction of sp³-hybridized carbons (Fsp3) is 0.407. The van der Waals surface area contributed by atoms with Crippen LogP contribution in [0.4, 0.5) is 0 Å². The van der Waals surface area contributed by atoms with Crippen LogP contribution in [0.25, 0.3) is 5.76 Å². The quantitative estimate of drug-likeness (QED) is 0.355. The first kappa shape index (κ1) is 22.9. The summed E-state index contributed by atoms with van der Waals surface area (Å²) in [6.45, 7) is 4.86. The third-order valence-corrected chi connectivity index (χ3v) is 6.37. The summed E-state index contributed by atoms with van der Waals surface area (Å²) in [5.74, 6) is 0.00413. The van der Waals surface area contributed by atoms with E-state index < -0.39 is 17.7 Å². The summed E-state index contributed by atoms with van der Waals surface area (Å²) in [4.78, 5) is 28.2. The zero-order valence-corrected chi connectivity index (χ0v) is 19.3. The number of nitrogens with zero attached hydrogens (tertiary/aromatic N) is 1. The molecule has 1 unspecified atom stereocenters. The van der Waals surface area contributed by atoms with Crippen LogP contribution in [0.3, 0.4) is 0 Å². The summed E-state index contributed by atoms with van der Waals surface area (Å²) >= 11 is 0. The van der Waals surface area contributed by atoms with Crippen LogP contribution in [0.2, 0.25) is 0 Å². The molecule has 1 atom stereocenters. The van der Waals surface area contributed by atoms with Crippen molar-refractivity contribution in [3.63, 3.8) is 0 Å². The van der Waals surface area contributed by atoms with Crippen LogP contribution in [-0.4, -0.2) is 41.0 Å². The van der Waals surface area contributed by atoms with E-state index in [0.29, 0.717) is 30.3 Å². The van der Waals surface area contributed by atoms with Crippen LogP contribution < -0.4 is 9.47 Å². The largest absolute Gasteiger partial charge is 0.507 e. The van der Waals surface area contributed by atoms with E-state index in [-0.39, 0.29) is 17.4 Å². The van der Waals surface area contributed by atoms with Crippen molar-refractivity contribution in [3.05, 3.63) is 65.2 Å². The maximum Gasteiger partial charge on any atom is 0.295 e. The molecule has 33 heavy (non-hydrogen) atoms. The van der Waals surface area contributed by atoms with Gasteiger partial charge in [0.15, 0.2) is 0 Å². The van der Waals surface area contributed by atoms with Crippen molar-refractivity contribution >= 4 is 17.4 Å². The van der Waals surface area contributed by atoms with Gasteiger partial charge >= 0.3 is 0 Å². The Labute approximate surface area is 194 Å². The molecule has 1 amide bonds.